The lowest BCUT2D eigenvalue weighted by Crippen LogP contribution is -2.05. The first-order valence-electron chi connectivity index (χ1n) is 5.74. The van der Waals surface area contributed by atoms with E-state index in [2.05, 4.69) is 28.7 Å². The second-order valence-corrected chi connectivity index (χ2v) is 5.36. The van der Waals surface area contributed by atoms with E-state index in [4.69, 9.17) is 23.2 Å². The number of halogens is 2. The number of imidazole rings is 1. The average molecular weight is 284 g/mol. The van der Waals surface area contributed by atoms with Crippen LogP contribution in [0.4, 0.5) is 11.6 Å². The van der Waals surface area contributed by atoms with Crippen LogP contribution in [0.25, 0.3) is 0 Å². The molecule has 0 fully saturated rings. The van der Waals surface area contributed by atoms with E-state index in [1.165, 1.54) is 0 Å². The SMILES string of the molecule is Cc1cn(C(C)C)c(Nc2cc(Cl)cc(Cl)c2)n1. The third kappa shape index (κ3) is 2.98. The summed E-state index contributed by atoms with van der Waals surface area (Å²) in [7, 11) is 0. The Labute approximate surface area is 117 Å². The van der Waals surface area contributed by atoms with E-state index in [-0.39, 0.29) is 0 Å². The first kappa shape index (κ1) is 13.2. The number of rotatable bonds is 3. The van der Waals surface area contributed by atoms with Crippen LogP contribution in [0.1, 0.15) is 25.6 Å². The smallest absolute Gasteiger partial charge is 0.207 e. The van der Waals surface area contributed by atoms with Crippen LogP contribution in [0.5, 0.6) is 0 Å². The third-order valence-corrected chi connectivity index (χ3v) is 2.96. The Hall–Kier alpha value is -1.19. The summed E-state index contributed by atoms with van der Waals surface area (Å²) in [6.45, 7) is 6.18. The number of anilines is 2. The maximum atomic E-state index is 5.97. The molecule has 0 saturated heterocycles. The molecule has 96 valence electrons. The number of nitrogens with one attached hydrogen (secondary N) is 1. The summed E-state index contributed by atoms with van der Waals surface area (Å²) < 4.78 is 2.07. The van der Waals surface area contributed by atoms with Gasteiger partial charge in [-0.3, -0.25) is 0 Å². The Morgan fingerprint density at radius 1 is 1.17 bits per heavy atom. The van der Waals surface area contributed by atoms with E-state index in [0.29, 0.717) is 16.1 Å². The van der Waals surface area contributed by atoms with Crippen LogP contribution in [0.15, 0.2) is 24.4 Å². The van der Waals surface area contributed by atoms with Gasteiger partial charge in [0.2, 0.25) is 5.95 Å². The summed E-state index contributed by atoms with van der Waals surface area (Å²) in [6, 6.07) is 5.68. The normalized spacial score (nSPS) is 11.0. The molecule has 0 aliphatic rings. The first-order valence-corrected chi connectivity index (χ1v) is 6.50. The summed E-state index contributed by atoms with van der Waals surface area (Å²) in [5, 5.41) is 4.44. The fraction of sp³-hybridized carbons (Fsp3) is 0.308. The quantitative estimate of drug-likeness (QED) is 0.875. The second kappa shape index (κ2) is 5.21. The molecule has 18 heavy (non-hydrogen) atoms. The van der Waals surface area contributed by atoms with E-state index in [1.807, 2.05) is 25.3 Å². The predicted octanol–water partition coefficient (Wildman–Crippen LogP) is 4.82. The molecule has 0 aliphatic carbocycles. The minimum Gasteiger partial charge on any atom is -0.325 e. The van der Waals surface area contributed by atoms with Crippen molar-refractivity contribution in [2.24, 2.45) is 0 Å². The maximum Gasteiger partial charge on any atom is 0.207 e. The molecule has 2 rings (SSSR count). The maximum absolute atomic E-state index is 5.97. The van der Waals surface area contributed by atoms with Crippen LogP contribution in [0.2, 0.25) is 10.0 Å². The predicted molar refractivity (Wildman–Crippen MR) is 77.1 cm³/mol. The zero-order chi connectivity index (χ0) is 13.3. The lowest BCUT2D eigenvalue weighted by molar-refractivity contribution is 0.607. The van der Waals surface area contributed by atoms with Gasteiger partial charge in [-0.2, -0.15) is 0 Å². The van der Waals surface area contributed by atoms with Crippen molar-refractivity contribution < 1.29 is 0 Å². The molecular formula is C13H15Cl2N3. The van der Waals surface area contributed by atoms with Crippen molar-refractivity contribution in [3.8, 4) is 0 Å². The third-order valence-electron chi connectivity index (χ3n) is 2.53. The van der Waals surface area contributed by atoms with Gasteiger partial charge in [0.1, 0.15) is 0 Å². The molecule has 2 aromatic rings. The number of nitrogens with zero attached hydrogens (tertiary/aromatic N) is 2. The van der Waals surface area contributed by atoms with Crippen molar-refractivity contribution in [1.29, 1.82) is 0 Å². The molecule has 0 unspecified atom stereocenters. The van der Waals surface area contributed by atoms with E-state index in [9.17, 15) is 0 Å². The van der Waals surface area contributed by atoms with Gasteiger partial charge in [-0.1, -0.05) is 23.2 Å². The van der Waals surface area contributed by atoms with E-state index in [1.54, 1.807) is 6.07 Å². The second-order valence-electron chi connectivity index (χ2n) is 4.49. The van der Waals surface area contributed by atoms with Crippen LogP contribution >= 0.6 is 23.2 Å². The highest BCUT2D eigenvalue weighted by molar-refractivity contribution is 6.35. The van der Waals surface area contributed by atoms with Crippen LogP contribution in [0, 0.1) is 6.92 Å². The summed E-state index contributed by atoms with van der Waals surface area (Å²) in [4.78, 5) is 4.45. The highest BCUT2D eigenvalue weighted by Gasteiger charge is 2.09. The van der Waals surface area contributed by atoms with Gasteiger partial charge in [0.05, 0.1) is 5.69 Å². The van der Waals surface area contributed by atoms with Crippen LogP contribution in [-0.4, -0.2) is 9.55 Å². The Morgan fingerprint density at radius 3 is 2.33 bits per heavy atom. The number of benzene rings is 1. The molecular weight excluding hydrogens is 269 g/mol. The lowest BCUT2D eigenvalue weighted by atomic mass is 10.3. The van der Waals surface area contributed by atoms with Crippen molar-refractivity contribution in [1.82, 2.24) is 9.55 Å². The van der Waals surface area contributed by atoms with Crippen molar-refractivity contribution in [2.75, 3.05) is 5.32 Å². The zero-order valence-corrected chi connectivity index (χ0v) is 12.0. The Morgan fingerprint density at radius 2 is 1.78 bits per heavy atom. The minimum atomic E-state index is 0.336. The molecule has 0 amide bonds. The first-order chi connectivity index (χ1) is 8.45. The average Bonchev–Trinajstić information content (AvgIpc) is 2.57. The molecule has 1 aromatic heterocycles. The monoisotopic (exact) mass is 283 g/mol. The largest absolute Gasteiger partial charge is 0.325 e. The van der Waals surface area contributed by atoms with Crippen molar-refractivity contribution in [3.05, 3.63) is 40.1 Å². The van der Waals surface area contributed by atoms with E-state index >= 15 is 0 Å². The van der Waals surface area contributed by atoms with Crippen LogP contribution < -0.4 is 5.32 Å². The molecule has 0 radical (unpaired) electrons. The topological polar surface area (TPSA) is 29.9 Å². The number of aryl methyl sites for hydroxylation is 1. The Kier molecular flexibility index (Phi) is 3.83. The van der Waals surface area contributed by atoms with E-state index < -0.39 is 0 Å². The molecule has 1 heterocycles. The van der Waals surface area contributed by atoms with Gasteiger partial charge in [-0.25, -0.2) is 4.98 Å². The van der Waals surface area contributed by atoms with Gasteiger partial charge in [-0.05, 0) is 39.0 Å². The van der Waals surface area contributed by atoms with Crippen molar-refractivity contribution in [3.63, 3.8) is 0 Å². The van der Waals surface area contributed by atoms with Gasteiger partial charge < -0.3 is 9.88 Å². The van der Waals surface area contributed by atoms with Gasteiger partial charge in [0.15, 0.2) is 0 Å². The standard InChI is InChI=1S/C13H15Cl2N3/c1-8(2)18-7-9(3)16-13(18)17-12-5-10(14)4-11(15)6-12/h4-8H,1-3H3,(H,16,17). The van der Waals surface area contributed by atoms with Crippen LogP contribution in [0.3, 0.4) is 0 Å². The number of hydrogen-bond acceptors (Lipinski definition) is 2. The van der Waals surface area contributed by atoms with Crippen molar-refractivity contribution in [2.45, 2.75) is 26.8 Å². The number of hydrogen-bond donors (Lipinski definition) is 1. The van der Waals surface area contributed by atoms with Gasteiger partial charge in [0.25, 0.3) is 0 Å². The van der Waals surface area contributed by atoms with Gasteiger partial charge in [0, 0.05) is 28.0 Å². The molecule has 0 bridgehead atoms. The highest BCUT2D eigenvalue weighted by Crippen LogP contribution is 2.26. The summed E-state index contributed by atoms with van der Waals surface area (Å²) in [5.41, 5.74) is 1.80. The molecule has 0 atom stereocenters. The zero-order valence-electron chi connectivity index (χ0n) is 10.5. The molecule has 0 spiro atoms. The summed E-state index contributed by atoms with van der Waals surface area (Å²) in [5.74, 6) is 0.792. The minimum absolute atomic E-state index is 0.336. The van der Waals surface area contributed by atoms with Gasteiger partial charge in [-0.15, -0.1) is 0 Å². The molecule has 0 aliphatic heterocycles. The molecule has 0 saturated carbocycles. The summed E-state index contributed by atoms with van der Waals surface area (Å²) >= 11 is 11.9. The van der Waals surface area contributed by atoms with Gasteiger partial charge >= 0.3 is 0 Å². The lowest BCUT2D eigenvalue weighted by Gasteiger charge is -2.13. The Bertz CT molecular complexity index is 541. The van der Waals surface area contributed by atoms with E-state index in [0.717, 1.165) is 17.3 Å². The number of aromatic nitrogens is 2. The molecule has 1 aromatic carbocycles. The summed E-state index contributed by atoms with van der Waals surface area (Å²) in [6.07, 6.45) is 2.01. The molecule has 5 heteroatoms. The highest BCUT2D eigenvalue weighted by atomic mass is 35.5. The Balaban J connectivity index is 2.33. The fourth-order valence-electron chi connectivity index (χ4n) is 1.76. The molecule has 1 N–H and O–H groups in total. The fourth-order valence-corrected chi connectivity index (χ4v) is 2.28. The molecule has 3 nitrogen and oxygen atoms in total. The van der Waals surface area contributed by atoms with Crippen LogP contribution in [-0.2, 0) is 0 Å². The van der Waals surface area contributed by atoms with Crippen molar-refractivity contribution >= 4 is 34.8 Å².